The van der Waals surface area contributed by atoms with Gasteiger partial charge in [-0.15, -0.1) is 0 Å². The van der Waals surface area contributed by atoms with Crippen LogP contribution in [0.15, 0.2) is 0 Å². The van der Waals surface area contributed by atoms with Gasteiger partial charge in [0.1, 0.15) is 0 Å². The van der Waals surface area contributed by atoms with Crippen molar-refractivity contribution >= 4 is 0 Å². The van der Waals surface area contributed by atoms with Crippen LogP contribution in [0.2, 0.25) is 0 Å². The van der Waals surface area contributed by atoms with E-state index in [0.29, 0.717) is 6.42 Å². The highest BCUT2D eigenvalue weighted by atomic mass is 19.3. The van der Waals surface area contributed by atoms with E-state index in [1.54, 1.807) is 6.92 Å². The van der Waals surface area contributed by atoms with E-state index in [1.165, 1.54) is 0 Å². The molecule has 0 N–H and O–H groups in total. The fraction of sp³-hybridized carbons (Fsp3) is 0.833. The van der Waals surface area contributed by atoms with Gasteiger partial charge in [-0.25, -0.2) is 8.78 Å². The fourth-order valence-corrected chi connectivity index (χ4v) is 0.894. The Labute approximate surface area is 52.3 Å². The van der Waals surface area contributed by atoms with Crippen molar-refractivity contribution in [2.75, 3.05) is 0 Å². The first kappa shape index (κ1) is 6.47. The van der Waals surface area contributed by atoms with E-state index in [1.807, 2.05) is 6.07 Å². The molecule has 1 aliphatic rings. The Morgan fingerprint density at radius 3 is 2.44 bits per heavy atom. The molecule has 0 aromatic heterocycles. The van der Waals surface area contributed by atoms with Crippen molar-refractivity contribution in [2.24, 2.45) is 11.3 Å². The van der Waals surface area contributed by atoms with Gasteiger partial charge in [0.05, 0.1) is 11.5 Å². The molecule has 50 valence electrons. The fourth-order valence-electron chi connectivity index (χ4n) is 0.894. The molecular formula is C6H7F2N. The maximum Gasteiger partial charge on any atom is 0.243 e. The van der Waals surface area contributed by atoms with Crippen LogP contribution in [0, 0.1) is 22.7 Å². The number of hydrogen-bond acceptors (Lipinski definition) is 1. The molecule has 0 saturated heterocycles. The first-order valence-electron chi connectivity index (χ1n) is 2.79. The van der Waals surface area contributed by atoms with Crippen molar-refractivity contribution in [3.05, 3.63) is 0 Å². The average Bonchev–Trinajstić information content (AvgIpc) is 2.44. The Balaban J connectivity index is 2.51. The van der Waals surface area contributed by atoms with E-state index in [9.17, 15) is 8.78 Å². The summed E-state index contributed by atoms with van der Waals surface area (Å²) in [6.07, 6.45) is -1.95. The van der Waals surface area contributed by atoms with Crippen LogP contribution >= 0.6 is 0 Å². The highest BCUT2D eigenvalue weighted by Gasteiger charge is 2.55. The molecule has 0 radical (unpaired) electrons. The lowest BCUT2D eigenvalue weighted by molar-refractivity contribution is 0.112. The summed E-state index contributed by atoms with van der Waals surface area (Å²) in [6.45, 7) is 1.57. The van der Waals surface area contributed by atoms with Crippen molar-refractivity contribution in [1.29, 1.82) is 5.26 Å². The van der Waals surface area contributed by atoms with E-state index in [2.05, 4.69) is 0 Å². The predicted octanol–water partition coefficient (Wildman–Crippen LogP) is 1.80. The van der Waals surface area contributed by atoms with Crippen LogP contribution < -0.4 is 0 Å². The third-order valence-electron chi connectivity index (χ3n) is 1.86. The molecule has 3 heteroatoms. The molecule has 2 atom stereocenters. The van der Waals surface area contributed by atoms with Crippen molar-refractivity contribution in [3.8, 4) is 6.07 Å². The molecule has 9 heavy (non-hydrogen) atoms. The topological polar surface area (TPSA) is 23.8 Å². The van der Waals surface area contributed by atoms with Gasteiger partial charge in [0.15, 0.2) is 0 Å². The van der Waals surface area contributed by atoms with Crippen LogP contribution in [-0.2, 0) is 0 Å². The van der Waals surface area contributed by atoms with Gasteiger partial charge in [-0.2, -0.15) is 5.26 Å². The Morgan fingerprint density at radius 2 is 2.33 bits per heavy atom. The van der Waals surface area contributed by atoms with E-state index in [0.717, 1.165) is 0 Å². The van der Waals surface area contributed by atoms with Gasteiger partial charge >= 0.3 is 0 Å². The van der Waals surface area contributed by atoms with E-state index < -0.39 is 17.8 Å². The molecule has 0 aromatic rings. The summed E-state index contributed by atoms with van der Waals surface area (Å²) in [7, 11) is 0. The molecule has 0 amide bonds. The standard InChI is InChI=1S/C6H7F2N/c1-6(3-9)2-4(6)5(7)8/h4-5H,2H2,1H3. The summed E-state index contributed by atoms with van der Waals surface area (Å²) in [5.74, 6) is -0.664. The molecule has 0 aromatic carbocycles. The van der Waals surface area contributed by atoms with Crippen LogP contribution in [0.5, 0.6) is 0 Å². The van der Waals surface area contributed by atoms with Crippen molar-refractivity contribution in [1.82, 2.24) is 0 Å². The summed E-state index contributed by atoms with van der Waals surface area (Å²) >= 11 is 0. The average molecular weight is 131 g/mol. The van der Waals surface area contributed by atoms with Gasteiger partial charge in [0.25, 0.3) is 0 Å². The summed E-state index contributed by atoms with van der Waals surface area (Å²) < 4.78 is 23.5. The Hall–Kier alpha value is -0.650. The number of rotatable bonds is 1. The molecular weight excluding hydrogens is 124 g/mol. The van der Waals surface area contributed by atoms with E-state index >= 15 is 0 Å². The molecule has 2 unspecified atom stereocenters. The Bertz CT molecular complexity index is 161. The summed E-state index contributed by atoms with van der Waals surface area (Å²) in [5.41, 5.74) is -0.714. The lowest BCUT2D eigenvalue weighted by atomic mass is 10.1. The zero-order valence-electron chi connectivity index (χ0n) is 5.06. The zero-order valence-corrected chi connectivity index (χ0v) is 5.06. The second-order valence-corrected chi connectivity index (χ2v) is 2.67. The minimum Gasteiger partial charge on any atom is -0.210 e. The molecule has 1 fully saturated rings. The molecule has 1 aliphatic carbocycles. The van der Waals surface area contributed by atoms with Gasteiger partial charge in [-0.3, -0.25) is 0 Å². The summed E-state index contributed by atoms with van der Waals surface area (Å²) in [6, 6.07) is 1.87. The van der Waals surface area contributed by atoms with Crippen molar-refractivity contribution in [2.45, 2.75) is 19.8 Å². The maximum absolute atomic E-state index is 11.8. The summed E-state index contributed by atoms with van der Waals surface area (Å²) in [4.78, 5) is 0. The van der Waals surface area contributed by atoms with Crippen molar-refractivity contribution in [3.63, 3.8) is 0 Å². The van der Waals surface area contributed by atoms with Gasteiger partial charge in [-0.05, 0) is 13.3 Å². The monoisotopic (exact) mass is 131 g/mol. The van der Waals surface area contributed by atoms with Crippen LogP contribution in [0.25, 0.3) is 0 Å². The van der Waals surface area contributed by atoms with Gasteiger partial charge in [0, 0.05) is 5.92 Å². The number of hydrogen-bond donors (Lipinski definition) is 0. The summed E-state index contributed by atoms with van der Waals surface area (Å²) in [5, 5.41) is 8.30. The third kappa shape index (κ3) is 0.893. The predicted molar refractivity (Wildman–Crippen MR) is 27.8 cm³/mol. The van der Waals surface area contributed by atoms with Gasteiger partial charge in [0.2, 0.25) is 6.43 Å². The normalized spacial score (nSPS) is 40.6. The minimum atomic E-state index is -2.31. The maximum atomic E-state index is 11.8. The SMILES string of the molecule is CC1(C#N)CC1C(F)F. The largest absolute Gasteiger partial charge is 0.243 e. The number of nitriles is 1. The second kappa shape index (κ2) is 1.66. The highest BCUT2D eigenvalue weighted by Crippen LogP contribution is 2.54. The number of nitrogens with zero attached hydrogens (tertiary/aromatic N) is 1. The smallest absolute Gasteiger partial charge is 0.210 e. The number of halogens is 2. The number of alkyl halides is 2. The molecule has 1 nitrogen and oxygen atoms in total. The second-order valence-electron chi connectivity index (χ2n) is 2.67. The molecule has 0 aliphatic heterocycles. The first-order valence-corrected chi connectivity index (χ1v) is 2.79. The Morgan fingerprint density at radius 1 is 1.78 bits per heavy atom. The zero-order chi connectivity index (χ0) is 7.07. The van der Waals surface area contributed by atoms with E-state index in [-0.39, 0.29) is 0 Å². The van der Waals surface area contributed by atoms with Crippen LogP contribution in [0.3, 0.4) is 0 Å². The Kier molecular flexibility index (Phi) is 1.20. The molecule has 1 rings (SSSR count). The van der Waals surface area contributed by atoms with Gasteiger partial charge in [-0.1, -0.05) is 0 Å². The molecule has 0 heterocycles. The third-order valence-corrected chi connectivity index (χ3v) is 1.86. The lowest BCUT2D eigenvalue weighted by Gasteiger charge is -1.96. The quantitative estimate of drug-likeness (QED) is 0.532. The van der Waals surface area contributed by atoms with Crippen LogP contribution in [0.1, 0.15) is 13.3 Å². The van der Waals surface area contributed by atoms with Crippen molar-refractivity contribution < 1.29 is 8.78 Å². The van der Waals surface area contributed by atoms with E-state index in [4.69, 9.17) is 5.26 Å². The minimum absolute atomic E-state index is 0.362. The first-order chi connectivity index (χ1) is 4.10. The molecule has 0 bridgehead atoms. The highest BCUT2D eigenvalue weighted by molar-refractivity contribution is 5.13. The molecule has 0 spiro atoms. The van der Waals surface area contributed by atoms with Crippen LogP contribution in [0.4, 0.5) is 8.78 Å². The van der Waals surface area contributed by atoms with Gasteiger partial charge < -0.3 is 0 Å². The van der Waals surface area contributed by atoms with Crippen LogP contribution in [-0.4, -0.2) is 6.43 Å². The molecule has 1 saturated carbocycles. The lowest BCUT2D eigenvalue weighted by Crippen LogP contribution is -2.01.